The van der Waals surface area contributed by atoms with Crippen molar-refractivity contribution in [3.8, 4) is 5.75 Å². The summed E-state index contributed by atoms with van der Waals surface area (Å²) in [5.41, 5.74) is 1.90. The molecule has 0 unspecified atom stereocenters. The van der Waals surface area contributed by atoms with Crippen molar-refractivity contribution in [3.05, 3.63) is 65.7 Å². The molecule has 2 fully saturated rings. The highest BCUT2D eigenvalue weighted by Crippen LogP contribution is 2.37. The molecule has 0 saturated carbocycles. The van der Waals surface area contributed by atoms with Crippen LogP contribution in [0.5, 0.6) is 5.75 Å². The fourth-order valence-electron chi connectivity index (χ4n) is 5.19. The van der Waals surface area contributed by atoms with Crippen molar-refractivity contribution >= 4 is 11.8 Å². The second-order valence-electron chi connectivity index (χ2n) is 9.54. The van der Waals surface area contributed by atoms with Gasteiger partial charge in [-0.3, -0.25) is 14.5 Å². The topological polar surface area (TPSA) is 53.1 Å². The predicted molar refractivity (Wildman–Crippen MR) is 129 cm³/mol. The van der Waals surface area contributed by atoms with Gasteiger partial charge in [-0.05, 0) is 37.6 Å². The molecule has 2 heterocycles. The zero-order valence-corrected chi connectivity index (χ0v) is 20.0. The van der Waals surface area contributed by atoms with Gasteiger partial charge in [0.2, 0.25) is 11.8 Å². The summed E-state index contributed by atoms with van der Waals surface area (Å²) in [5.74, 6) is 0.992. The highest BCUT2D eigenvalue weighted by Gasteiger charge is 2.42. The Bertz CT molecular complexity index is 970. The average Bonchev–Trinajstić information content (AvgIpc) is 2.85. The molecule has 0 aromatic heterocycles. The van der Waals surface area contributed by atoms with Crippen LogP contribution in [-0.2, 0) is 16.1 Å². The quantitative estimate of drug-likeness (QED) is 0.698. The summed E-state index contributed by atoms with van der Waals surface area (Å²) in [6.07, 6.45) is 1.70. The maximum atomic E-state index is 13.7. The van der Waals surface area contributed by atoms with E-state index < -0.39 is 0 Å². The number of hydrogen-bond acceptors (Lipinski definition) is 4. The van der Waals surface area contributed by atoms with Gasteiger partial charge in [0, 0.05) is 44.1 Å². The molecule has 2 amide bonds. The molecular weight excluding hydrogens is 414 g/mol. The lowest BCUT2D eigenvalue weighted by molar-refractivity contribution is -0.150. The van der Waals surface area contributed by atoms with Crippen molar-refractivity contribution in [2.24, 2.45) is 5.41 Å². The Morgan fingerprint density at radius 1 is 0.970 bits per heavy atom. The van der Waals surface area contributed by atoms with E-state index in [4.69, 9.17) is 4.74 Å². The van der Waals surface area contributed by atoms with Gasteiger partial charge in [-0.1, -0.05) is 55.5 Å². The lowest BCUT2D eigenvalue weighted by Crippen LogP contribution is -2.56. The molecule has 2 aromatic rings. The molecule has 6 nitrogen and oxygen atoms in total. The van der Waals surface area contributed by atoms with Gasteiger partial charge in [-0.25, -0.2) is 0 Å². The molecule has 2 aliphatic rings. The summed E-state index contributed by atoms with van der Waals surface area (Å²) in [6.45, 7) is 8.10. The Kier molecular flexibility index (Phi) is 7.03. The van der Waals surface area contributed by atoms with Crippen molar-refractivity contribution in [3.63, 3.8) is 0 Å². The Hall–Kier alpha value is -2.86. The molecule has 33 heavy (non-hydrogen) atoms. The van der Waals surface area contributed by atoms with E-state index in [0.29, 0.717) is 19.6 Å². The molecule has 0 aliphatic carbocycles. The van der Waals surface area contributed by atoms with Crippen LogP contribution in [-0.4, -0.2) is 66.3 Å². The van der Waals surface area contributed by atoms with E-state index >= 15 is 0 Å². The zero-order valence-electron chi connectivity index (χ0n) is 20.0. The third kappa shape index (κ3) is 5.06. The largest absolute Gasteiger partial charge is 0.496 e. The van der Waals surface area contributed by atoms with Crippen LogP contribution in [0.3, 0.4) is 0 Å². The molecule has 4 rings (SSSR count). The first-order valence-electron chi connectivity index (χ1n) is 11.9. The van der Waals surface area contributed by atoms with Gasteiger partial charge < -0.3 is 14.5 Å². The molecular formula is C27H35N3O3. The third-order valence-electron chi connectivity index (χ3n) is 7.29. The van der Waals surface area contributed by atoms with Gasteiger partial charge in [-0.2, -0.15) is 0 Å². The number of benzene rings is 2. The van der Waals surface area contributed by atoms with Crippen LogP contribution < -0.4 is 4.74 Å². The first-order chi connectivity index (χ1) is 15.9. The van der Waals surface area contributed by atoms with Gasteiger partial charge in [0.15, 0.2) is 0 Å². The monoisotopic (exact) mass is 449 g/mol. The average molecular weight is 450 g/mol. The van der Waals surface area contributed by atoms with Gasteiger partial charge in [0.05, 0.1) is 13.2 Å². The number of para-hydroxylation sites is 1. The summed E-state index contributed by atoms with van der Waals surface area (Å²) in [4.78, 5) is 32.4. The highest BCUT2D eigenvalue weighted by atomic mass is 16.5. The predicted octanol–water partition coefficient (Wildman–Crippen LogP) is 3.73. The maximum absolute atomic E-state index is 13.7. The normalized spacial score (nSPS) is 21.0. The number of carbonyl (C=O) groups excluding carboxylic acids is 2. The van der Waals surface area contributed by atoms with E-state index in [9.17, 15) is 9.59 Å². The van der Waals surface area contributed by atoms with Crippen molar-refractivity contribution in [2.45, 2.75) is 39.3 Å². The van der Waals surface area contributed by atoms with Crippen LogP contribution in [0.1, 0.15) is 43.9 Å². The summed E-state index contributed by atoms with van der Waals surface area (Å²) in [6, 6.07) is 18.1. The minimum atomic E-state index is -0.364. The minimum Gasteiger partial charge on any atom is -0.496 e. The Balaban J connectivity index is 1.45. The number of piperazine rings is 1. The van der Waals surface area contributed by atoms with Gasteiger partial charge in [0.1, 0.15) is 5.75 Å². The Morgan fingerprint density at radius 3 is 2.30 bits per heavy atom. The van der Waals surface area contributed by atoms with E-state index in [1.54, 1.807) is 14.0 Å². The second kappa shape index (κ2) is 9.96. The Labute approximate surface area is 197 Å². The van der Waals surface area contributed by atoms with Crippen LogP contribution in [0.4, 0.5) is 0 Å². The third-order valence-corrected chi connectivity index (χ3v) is 7.29. The summed E-state index contributed by atoms with van der Waals surface area (Å²) < 4.78 is 5.57. The zero-order chi connectivity index (χ0) is 23.4. The van der Waals surface area contributed by atoms with Crippen LogP contribution in [0.25, 0.3) is 0 Å². The van der Waals surface area contributed by atoms with E-state index in [0.717, 1.165) is 43.8 Å². The number of hydrogen-bond donors (Lipinski definition) is 0. The Morgan fingerprint density at radius 2 is 1.64 bits per heavy atom. The molecule has 0 bridgehead atoms. The molecule has 2 aromatic carbocycles. The smallest absolute Gasteiger partial charge is 0.228 e. The SMILES string of the molecule is COc1ccccc1[C@H]1CN(C(=O)C2(C)CCN(Cc3ccccc3)CC2)CCN1C(C)=O. The maximum Gasteiger partial charge on any atom is 0.228 e. The fraction of sp³-hybridized carbons (Fsp3) is 0.481. The number of rotatable bonds is 5. The molecule has 2 saturated heterocycles. The fourth-order valence-corrected chi connectivity index (χ4v) is 5.19. The van der Waals surface area contributed by atoms with Crippen LogP contribution in [0.2, 0.25) is 0 Å². The second-order valence-corrected chi connectivity index (χ2v) is 9.54. The first kappa shape index (κ1) is 23.3. The number of nitrogens with zero attached hydrogens (tertiary/aromatic N) is 3. The van der Waals surface area contributed by atoms with Crippen molar-refractivity contribution in [1.29, 1.82) is 0 Å². The van der Waals surface area contributed by atoms with E-state index in [1.165, 1.54) is 5.56 Å². The van der Waals surface area contributed by atoms with E-state index in [2.05, 4.69) is 36.1 Å². The highest BCUT2D eigenvalue weighted by molar-refractivity contribution is 5.83. The molecule has 176 valence electrons. The number of piperidine rings is 1. The molecule has 0 spiro atoms. The lowest BCUT2D eigenvalue weighted by atomic mass is 9.78. The van der Waals surface area contributed by atoms with Gasteiger partial charge in [0.25, 0.3) is 0 Å². The number of carbonyl (C=O) groups is 2. The van der Waals surface area contributed by atoms with E-state index in [-0.39, 0.29) is 23.3 Å². The first-order valence-corrected chi connectivity index (χ1v) is 11.9. The molecule has 1 atom stereocenters. The van der Waals surface area contributed by atoms with Crippen molar-refractivity contribution < 1.29 is 14.3 Å². The number of ether oxygens (including phenoxy) is 1. The molecule has 6 heteroatoms. The number of methoxy groups -OCH3 is 1. The summed E-state index contributed by atoms with van der Waals surface area (Å²) in [5, 5.41) is 0. The molecule has 0 N–H and O–H groups in total. The number of likely N-dealkylation sites (tertiary alicyclic amines) is 1. The van der Waals surface area contributed by atoms with Crippen LogP contribution in [0, 0.1) is 5.41 Å². The van der Waals surface area contributed by atoms with Crippen LogP contribution in [0.15, 0.2) is 54.6 Å². The summed E-state index contributed by atoms with van der Waals surface area (Å²) >= 11 is 0. The standard InChI is InChI=1S/C27H35N3O3/c1-21(31)30-18-17-29(20-24(30)23-11-7-8-12-25(23)33-3)26(32)27(2)13-15-28(16-14-27)19-22-9-5-4-6-10-22/h4-12,24H,13-20H2,1-3H3/t24-/m1/s1. The molecule has 2 aliphatic heterocycles. The van der Waals surface area contributed by atoms with Gasteiger partial charge >= 0.3 is 0 Å². The molecule has 0 radical (unpaired) electrons. The van der Waals surface area contributed by atoms with Crippen molar-refractivity contribution in [1.82, 2.24) is 14.7 Å². The number of amides is 2. The van der Waals surface area contributed by atoms with E-state index in [1.807, 2.05) is 40.1 Å². The van der Waals surface area contributed by atoms with Crippen LogP contribution >= 0.6 is 0 Å². The summed E-state index contributed by atoms with van der Waals surface area (Å²) in [7, 11) is 1.65. The minimum absolute atomic E-state index is 0.0263. The lowest BCUT2D eigenvalue weighted by Gasteiger charge is -2.46. The van der Waals surface area contributed by atoms with Crippen molar-refractivity contribution in [2.75, 3.05) is 39.8 Å². The van der Waals surface area contributed by atoms with Gasteiger partial charge in [-0.15, -0.1) is 0 Å².